The van der Waals surface area contributed by atoms with E-state index in [1.165, 1.54) is 20.6 Å². The van der Waals surface area contributed by atoms with Crippen LogP contribution in [0.25, 0.3) is 4.96 Å². The predicted octanol–water partition coefficient (Wildman–Crippen LogP) is 0.804. The molecule has 0 aliphatic heterocycles. The maximum absolute atomic E-state index is 11.4. The molecule has 0 saturated heterocycles. The summed E-state index contributed by atoms with van der Waals surface area (Å²) in [6, 6.07) is 0. The third-order valence-corrected chi connectivity index (χ3v) is 3.07. The van der Waals surface area contributed by atoms with E-state index >= 15 is 0 Å². The Labute approximate surface area is 106 Å². The number of thiazole rings is 1. The molecule has 0 spiro atoms. The number of aromatic nitrogens is 2. The summed E-state index contributed by atoms with van der Waals surface area (Å²) in [5.41, 5.74) is 0. The van der Waals surface area contributed by atoms with Gasteiger partial charge in [0, 0.05) is 19.5 Å². The normalized spacial score (nSPS) is 10.6. The van der Waals surface area contributed by atoms with E-state index in [2.05, 4.69) is 10.3 Å². The van der Waals surface area contributed by atoms with Gasteiger partial charge < -0.3 is 20.3 Å². The Morgan fingerprint density at radius 2 is 2.39 bits per heavy atom. The zero-order valence-corrected chi connectivity index (χ0v) is 10.6. The number of nitro groups is 1. The Bertz CT molecular complexity index is 602. The third kappa shape index (κ3) is 2.12. The lowest BCUT2D eigenvalue weighted by atomic mass is 10.5. The molecule has 0 bridgehead atoms. The van der Waals surface area contributed by atoms with Crippen molar-refractivity contribution < 1.29 is 9.72 Å². The summed E-state index contributed by atoms with van der Waals surface area (Å²) >= 11 is 1.29. The fourth-order valence-electron chi connectivity index (χ4n) is 1.38. The molecule has 2 aromatic rings. The van der Waals surface area contributed by atoms with Gasteiger partial charge in [-0.05, 0) is 4.92 Å². The number of carbonyl (C=O) groups excluding carboxylic acids is 1. The van der Waals surface area contributed by atoms with Gasteiger partial charge in [0.25, 0.3) is 4.96 Å². The molecule has 1 amide bonds. The van der Waals surface area contributed by atoms with Gasteiger partial charge in [0.1, 0.15) is 6.20 Å². The topological polar surface area (TPSA) is 92.8 Å². The van der Waals surface area contributed by atoms with Crippen LogP contribution in [0.2, 0.25) is 0 Å². The molecule has 0 aliphatic rings. The Morgan fingerprint density at radius 1 is 1.67 bits per heavy atom. The summed E-state index contributed by atoms with van der Waals surface area (Å²) in [6.07, 6.45) is 1.57. The fourth-order valence-corrected chi connectivity index (χ4v) is 2.09. The Balaban J connectivity index is 2.27. The summed E-state index contributed by atoms with van der Waals surface area (Å²) in [6.45, 7) is -0.0291. The van der Waals surface area contributed by atoms with E-state index in [4.69, 9.17) is 0 Å². The van der Waals surface area contributed by atoms with Crippen molar-refractivity contribution in [2.75, 3.05) is 26.0 Å². The molecule has 0 fully saturated rings. The highest BCUT2D eigenvalue weighted by molar-refractivity contribution is 7.15. The molecule has 0 atom stereocenters. The molecule has 0 aromatic carbocycles. The number of nitrogens with zero attached hydrogens (tertiary/aromatic N) is 4. The van der Waals surface area contributed by atoms with E-state index < -0.39 is 4.92 Å². The second kappa shape index (κ2) is 4.61. The lowest BCUT2D eigenvalue weighted by molar-refractivity contribution is -0.389. The minimum Gasteiger partial charge on any atom is -0.358 e. The van der Waals surface area contributed by atoms with Crippen LogP contribution in [-0.2, 0) is 4.79 Å². The second-order valence-corrected chi connectivity index (χ2v) is 4.61. The first kappa shape index (κ1) is 12.3. The summed E-state index contributed by atoms with van der Waals surface area (Å²) in [4.78, 5) is 27.9. The van der Waals surface area contributed by atoms with E-state index in [0.29, 0.717) is 4.96 Å². The molecule has 1 N–H and O–H groups in total. The van der Waals surface area contributed by atoms with Crippen molar-refractivity contribution in [3.63, 3.8) is 0 Å². The van der Waals surface area contributed by atoms with Crippen LogP contribution in [-0.4, -0.2) is 45.8 Å². The molecule has 96 valence electrons. The van der Waals surface area contributed by atoms with E-state index in [0.717, 1.165) is 0 Å². The number of anilines is 1. The molecule has 0 radical (unpaired) electrons. The maximum atomic E-state index is 11.4. The van der Waals surface area contributed by atoms with Crippen LogP contribution < -0.4 is 5.32 Å². The van der Waals surface area contributed by atoms with Crippen LogP contribution in [0.4, 0.5) is 11.6 Å². The molecule has 2 aromatic heterocycles. The Kier molecular flexibility index (Phi) is 3.15. The first-order valence-corrected chi connectivity index (χ1v) is 5.92. The molecule has 2 heterocycles. The van der Waals surface area contributed by atoms with Gasteiger partial charge in [0.2, 0.25) is 11.7 Å². The number of hydrogen-bond acceptors (Lipinski definition) is 6. The van der Waals surface area contributed by atoms with Crippen LogP contribution in [0.5, 0.6) is 0 Å². The third-order valence-electron chi connectivity index (χ3n) is 2.32. The van der Waals surface area contributed by atoms with Crippen LogP contribution in [0.3, 0.4) is 0 Å². The molecular formula is C9H11N5O3S. The van der Waals surface area contributed by atoms with Gasteiger partial charge >= 0.3 is 5.82 Å². The lowest BCUT2D eigenvalue weighted by Crippen LogP contribution is -2.28. The van der Waals surface area contributed by atoms with Crippen molar-refractivity contribution in [3.05, 3.63) is 21.7 Å². The highest BCUT2D eigenvalue weighted by Gasteiger charge is 2.23. The Hall–Kier alpha value is -2.16. The molecule has 0 unspecified atom stereocenters. The van der Waals surface area contributed by atoms with E-state index in [-0.39, 0.29) is 24.1 Å². The number of nitrogens with one attached hydrogen (secondary N) is 1. The van der Waals surface area contributed by atoms with Crippen molar-refractivity contribution in [3.8, 4) is 0 Å². The molecule has 8 nitrogen and oxygen atoms in total. The van der Waals surface area contributed by atoms with Gasteiger partial charge in [-0.2, -0.15) is 9.38 Å². The average molecular weight is 269 g/mol. The molecule has 2 rings (SSSR count). The van der Waals surface area contributed by atoms with Crippen molar-refractivity contribution in [2.45, 2.75) is 0 Å². The predicted molar refractivity (Wildman–Crippen MR) is 66.9 cm³/mol. The van der Waals surface area contributed by atoms with Crippen LogP contribution in [0.15, 0.2) is 11.6 Å². The van der Waals surface area contributed by atoms with Gasteiger partial charge in [-0.15, -0.1) is 0 Å². The van der Waals surface area contributed by atoms with Crippen LogP contribution >= 0.6 is 11.3 Å². The SMILES string of the molecule is CN(C)C(=O)CNc1nc2sccn2c1[N+](=O)[O-]. The molecular weight excluding hydrogens is 258 g/mol. The molecule has 9 heteroatoms. The summed E-state index contributed by atoms with van der Waals surface area (Å²) in [5.74, 6) is -0.222. The molecule has 0 saturated carbocycles. The molecule has 0 aliphatic carbocycles. The lowest BCUT2D eigenvalue weighted by Gasteiger charge is -2.10. The van der Waals surface area contributed by atoms with E-state index in [9.17, 15) is 14.9 Å². The average Bonchev–Trinajstić information content (AvgIpc) is 2.83. The summed E-state index contributed by atoms with van der Waals surface area (Å²) < 4.78 is 1.38. The quantitative estimate of drug-likeness (QED) is 0.654. The van der Waals surface area contributed by atoms with Crippen molar-refractivity contribution in [2.24, 2.45) is 0 Å². The molecule has 18 heavy (non-hydrogen) atoms. The Morgan fingerprint density at radius 3 is 3.00 bits per heavy atom. The van der Waals surface area contributed by atoms with Crippen LogP contribution in [0.1, 0.15) is 0 Å². The van der Waals surface area contributed by atoms with Crippen LogP contribution in [0, 0.1) is 10.1 Å². The number of imidazole rings is 1. The highest BCUT2D eigenvalue weighted by atomic mass is 32.1. The van der Waals surface area contributed by atoms with Crippen molar-refractivity contribution >= 4 is 33.8 Å². The van der Waals surface area contributed by atoms with E-state index in [1.54, 1.807) is 25.7 Å². The maximum Gasteiger partial charge on any atom is 0.372 e. The number of rotatable bonds is 4. The summed E-state index contributed by atoms with van der Waals surface area (Å²) in [7, 11) is 3.23. The number of fused-ring (bicyclic) bond motifs is 1. The largest absolute Gasteiger partial charge is 0.372 e. The van der Waals surface area contributed by atoms with Gasteiger partial charge in [-0.1, -0.05) is 11.3 Å². The van der Waals surface area contributed by atoms with Gasteiger partial charge in [0.05, 0.1) is 6.54 Å². The van der Waals surface area contributed by atoms with Crippen molar-refractivity contribution in [1.82, 2.24) is 14.3 Å². The smallest absolute Gasteiger partial charge is 0.358 e. The first-order valence-electron chi connectivity index (χ1n) is 5.04. The fraction of sp³-hybridized carbons (Fsp3) is 0.333. The number of hydrogen-bond donors (Lipinski definition) is 1. The van der Waals surface area contributed by atoms with Gasteiger partial charge in [-0.25, -0.2) is 0 Å². The zero-order valence-electron chi connectivity index (χ0n) is 9.78. The number of likely N-dealkylation sites (N-methyl/N-ethyl adjacent to an activating group) is 1. The van der Waals surface area contributed by atoms with Crippen molar-refractivity contribution in [1.29, 1.82) is 0 Å². The second-order valence-electron chi connectivity index (χ2n) is 3.74. The number of amides is 1. The first-order chi connectivity index (χ1) is 8.50. The minimum atomic E-state index is -0.519. The summed E-state index contributed by atoms with van der Waals surface area (Å²) in [5, 5.41) is 15.4. The van der Waals surface area contributed by atoms with E-state index in [1.807, 2.05) is 0 Å². The zero-order chi connectivity index (χ0) is 13.3. The number of carbonyl (C=O) groups is 1. The highest BCUT2D eigenvalue weighted by Crippen LogP contribution is 2.27. The minimum absolute atomic E-state index is 0.0291. The standard InChI is InChI=1S/C9H11N5O3S/c1-12(2)6(15)5-10-7-8(14(16)17)13-3-4-18-9(13)11-7/h3-4,10H,5H2,1-2H3. The van der Waals surface area contributed by atoms with Gasteiger partial charge in [0.15, 0.2) is 0 Å². The van der Waals surface area contributed by atoms with Gasteiger partial charge in [-0.3, -0.25) is 4.79 Å². The monoisotopic (exact) mass is 269 g/mol.